The van der Waals surface area contributed by atoms with Crippen LogP contribution in [-0.2, 0) is 7.05 Å². The van der Waals surface area contributed by atoms with Gasteiger partial charge in [-0.3, -0.25) is 9.59 Å². The Kier molecular flexibility index (Phi) is 3.60. The maximum absolute atomic E-state index is 13.4. The highest BCUT2D eigenvalue weighted by atomic mass is 19.1. The number of carbonyl (C=O) groups is 1. The molecule has 1 saturated heterocycles. The van der Waals surface area contributed by atoms with E-state index in [9.17, 15) is 14.0 Å². The van der Waals surface area contributed by atoms with E-state index in [1.807, 2.05) is 0 Å². The summed E-state index contributed by atoms with van der Waals surface area (Å²) in [6.07, 6.45) is 1.60. The normalized spacial score (nSPS) is 17.4. The highest BCUT2D eigenvalue weighted by molar-refractivity contribution is 5.92. The van der Waals surface area contributed by atoms with Gasteiger partial charge in [0.05, 0.1) is 17.1 Å². The maximum atomic E-state index is 13.4. The Hall–Kier alpha value is -3.03. The Bertz CT molecular complexity index is 1030. The second kappa shape index (κ2) is 5.80. The number of H-pyrrole nitrogens is 1. The van der Waals surface area contributed by atoms with Crippen molar-refractivity contribution >= 4 is 16.9 Å². The third-order valence-corrected chi connectivity index (χ3v) is 4.47. The number of amides is 1. The number of nitrogens with one attached hydrogen (secondary N) is 1. The van der Waals surface area contributed by atoms with E-state index in [4.69, 9.17) is 0 Å². The van der Waals surface area contributed by atoms with Crippen LogP contribution in [0.2, 0.25) is 0 Å². The van der Waals surface area contributed by atoms with E-state index in [1.165, 1.54) is 31.3 Å². The lowest BCUT2D eigenvalue weighted by atomic mass is 10.2. The Morgan fingerprint density at radius 2 is 2.16 bits per heavy atom. The minimum absolute atomic E-state index is 0.219. The molecule has 3 aromatic rings. The van der Waals surface area contributed by atoms with E-state index in [2.05, 4.69) is 15.1 Å². The number of nitrogens with zero attached hydrogens (tertiary/aromatic N) is 4. The molecule has 3 heterocycles. The van der Waals surface area contributed by atoms with Crippen LogP contribution in [0, 0.1) is 5.82 Å². The number of rotatable bonds is 2. The fourth-order valence-corrected chi connectivity index (χ4v) is 3.22. The van der Waals surface area contributed by atoms with Crippen molar-refractivity contribution in [1.29, 1.82) is 0 Å². The first-order chi connectivity index (χ1) is 12.0. The summed E-state index contributed by atoms with van der Waals surface area (Å²) < 4.78 is 14.5. The molecule has 7 nitrogen and oxygen atoms in total. The summed E-state index contributed by atoms with van der Waals surface area (Å²) in [4.78, 5) is 33.6. The van der Waals surface area contributed by atoms with Gasteiger partial charge < -0.3 is 9.88 Å². The summed E-state index contributed by atoms with van der Waals surface area (Å²) >= 11 is 0. The van der Waals surface area contributed by atoms with Gasteiger partial charge in [0.1, 0.15) is 17.3 Å². The van der Waals surface area contributed by atoms with E-state index >= 15 is 0 Å². The second-order valence-corrected chi connectivity index (χ2v) is 6.12. The standard InChI is InChI=1S/C17H16FN5O2/c1-22-15(24)7-6-12(21-22)17(25)23-8-2-3-14(23)16-19-11-5-4-10(18)9-13(11)20-16/h4-7,9,14H,2-3,8H2,1H3,(H,19,20). The second-order valence-electron chi connectivity index (χ2n) is 6.12. The van der Waals surface area contributed by atoms with Crippen LogP contribution < -0.4 is 5.56 Å². The van der Waals surface area contributed by atoms with Crippen LogP contribution in [0.15, 0.2) is 35.1 Å². The van der Waals surface area contributed by atoms with Gasteiger partial charge in [-0.15, -0.1) is 0 Å². The molecule has 8 heteroatoms. The number of hydrogen-bond donors (Lipinski definition) is 1. The summed E-state index contributed by atoms with van der Waals surface area (Å²) in [6, 6.07) is 6.91. The van der Waals surface area contributed by atoms with E-state index in [0.717, 1.165) is 17.5 Å². The average molecular weight is 341 g/mol. The summed E-state index contributed by atoms with van der Waals surface area (Å²) in [5.41, 5.74) is 1.22. The largest absolute Gasteiger partial charge is 0.340 e. The van der Waals surface area contributed by atoms with Crippen LogP contribution in [0.1, 0.15) is 35.2 Å². The number of aromatic amines is 1. The van der Waals surface area contributed by atoms with Crippen LogP contribution in [0.3, 0.4) is 0 Å². The molecule has 0 radical (unpaired) electrons. The van der Waals surface area contributed by atoms with Crippen molar-refractivity contribution in [3.63, 3.8) is 0 Å². The van der Waals surface area contributed by atoms with Crippen LogP contribution in [0.25, 0.3) is 11.0 Å². The number of halogens is 1. The molecule has 1 aliphatic heterocycles. The zero-order chi connectivity index (χ0) is 17.6. The van der Waals surface area contributed by atoms with Gasteiger partial charge in [-0.1, -0.05) is 0 Å². The fraction of sp³-hybridized carbons (Fsp3) is 0.294. The molecule has 0 saturated carbocycles. The molecule has 1 aromatic carbocycles. The molecule has 0 bridgehead atoms. The summed E-state index contributed by atoms with van der Waals surface area (Å²) in [7, 11) is 1.51. The van der Waals surface area contributed by atoms with E-state index in [0.29, 0.717) is 23.4 Å². The third kappa shape index (κ3) is 2.69. The van der Waals surface area contributed by atoms with Gasteiger partial charge in [0.25, 0.3) is 11.5 Å². The van der Waals surface area contributed by atoms with Crippen LogP contribution in [0.4, 0.5) is 4.39 Å². The molecule has 1 unspecified atom stereocenters. The quantitative estimate of drug-likeness (QED) is 0.770. The van der Waals surface area contributed by atoms with Gasteiger partial charge in [0, 0.05) is 19.7 Å². The lowest BCUT2D eigenvalue weighted by molar-refractivity contribution is 0.0722. The minimum atomic E-state index is -0.337. The molecule has 1 aliphatic rings. The lowest BCUT2D eigenvalue weighted by Crippen LogP contribution is -2.33. The first-order valence-corrected chi connectivity index (χ1v) is 8.03. The maximum Gasteiger partial charge on any atom is 0.274 e. The van der Waals surface area contributed by atoms with Gasteiger partial charge in [-0.25, -0.2) is 14.1 Å². The van der Waals surface area contributed by atoms with Crippen molar-refractivity contribution in [1.82, 2.24) is 24.6 Å². The monoisotopic (exact) mass is 341 g/mol. The number of aromatic nitrogens is 4. The van der Waals surface area contributed by atoms with Gasteiger partial charge in [0.2, 0.25) is 0 Å². The van der Waals surface area contributed by atoms with E-state index < -0.39 is 0 Å². The van der Waals surface area contributed by atoms with E-state index in [1.54, 1.807) is 11.0 Å². The van der Waals surface area contributed by atoms with Crippen molar-refractivity contribution in [2.45, 2.75) is 18.9 Å². The number of carbonyl (C=O) groups excluding carboxylic acids is 1. The molecule has 1 fully saturated rings. The smallest absolute Gasteiger partial charge is 0.274 e. The zero-order valence-corrected chi connectivity index (χ0v) is 13.6. The van der Waals surface area contributed by atoms with Crippen molar-refractivity contribution in [3.05, 3.63) is 58.0 Å². The van der Waals surface area contributed by atoms with Gasteiger partial charge in [-0.05, 0) is 37.1 Å². The lowest BCUT2D eigenvalue weighted by Gasteiger charge is -2.22. The van der Waals surface area contributed by atoms with Gasteiger partial charge >= 0.3 is 0 Å². The summed E-state index contributed by atoms with van der Waals surface area (Å²) in [5, 5.41) is 4.03. The van der Waals surface area contributed by atoms with Crippen molar-refractivity contribution in [3.8, 4) is 0 Å². The molecule has 2 aromatic heterocycles. The molecule has 1 N–H and O–H groups in total. The van der Waals surface area contributed by atoms with Crippen molar-refractivity contribution in [2.24, 2.45) is 7.05 Å². The Balaban J connectivity index is 1.68. The number of hydrogen-bond acceptors (Lipinski definition) is 4. The first kappa shape index (κ1) is 15.5. The number of imidazole rings is 1. The number of fused-ring (bicyclic) bond motifs is 1. The zero-order valence-electron chi connectivity index (χ0n) is 13.6. The highest BCUT2D eigenvalue weighted by Crippen LogP contribution is 2.32. The Labute approximate surface area is 142 Å². The van der Waals surface area contributed by atoms with Gasteiger partial charge in [0.15, 0.2) is 0 Å². The van der Waals surface area contributed by atoms with Crippen LogP contribution >= 0.6 is 0 Å². The molecule has 0 aliphatic carbocycles. The Morgan fingerprint density at radius 3 is 2.96 bits per heavy atom. The fourth-order valence-electron chi connectivity index (χ4n) is 3.22. The molecule has 25 heavy (non-hydrogen) atoms. The SMILES string of the molecule is Cn1nc(C(=O)N2CCCC2c2nc3ccc(F)cc3[nH]2)ccc1=O. The van der Waals surface area contributed by atoms with Crippen LogP contribution in [-0.4, -0.2) is 37.1 Å². The molecule has 128 valence electrons. The predicted molar refractivity (Wildman–Crippen MR) is 88.5 cm³/mol. The molecule has 1 atom stereocenters. The molecule has 1 amide bonds. The third-order valence-electron chi connectivity index (χ3n) is 4.47. The summed E-state index contributed by atoms with van der Waals surface area (Å²) in [6.45, 7) is 0.583. The van der Waals surface area contributed by atoms with E-state index in [-0.39, 0.29) is 29.0 Å². The molecule has 0 spiro atoms. The molecule has 4 rings (SSSR count). The summed E-state index contributed by atoms with van der Waals surface area (Å²) in [5.74, 6) is 0.0532. The highest BCUT2D eigenvalue weighted by Gasteiger charge is 2.33. The topological polar surface area (TPSA) is 83.9 Å². The molecular formula is C17H16FN5O2. The molecular weight excluding hydrogens is 325 g/mol. The van der Waals surface area contributed by atoms with Crippen LogP contribution in [0.5, 0.6) is 0 Å². The number of aryl methyl sites for hydroxylation is 1. The first-order valence-electron chi connectivity index (χ1n) is 8.03. The Morgan fingerprint density at radius 1 is 1.32 bits per heavy atom. The number of benzene rings is 1. The van der Waals surface area contributed by atoms with Crippen molar-refractivity contribution in [2.75, 3.05) is 6.54 Å². The average Bonchev–Trinajstić information content (AvgIpc) is 3.22. The van der Waals surface area contributed by atoms with Crippen molar-refractivity contribution < 1.29 is 9.18 Å². The number of likely N-dealkylation sites (tertiary alicyclic amines) is 1. The minimum Gasteiger partial charge on any atom is -0.340 e. The predicted octanol–water partition coefficient (Wildman–Crippen LogP) is 1.77. The van der Waals surface area contributed by atoms with Gasteiger partial charge in [-0.2, -0.15) is 5.10 Å².